The molecule has 0 radical (unpaired) electrons. The Morgan fingerprint density at radius 2 is 1.86 bits per heavy atom. The van der Waals surface area contributed by atoms with E-state index in [1.54, 1.807) is 24.3 Å². The average molecular weight is 398 g/mol. The van der Waals surface area contributed by atoms with Crippen LogP contribution in [0.4, 0.5) is 0 Å². The minimum atomic E-state index is -3.67. The molecule has 28 heavy (non-hydrogen) atoms. The monoisotopic (exact) mass is 398 g/mol. The van der Waals surface area contributed by atoms with E-state index in [2.05, 4.69) is 4.40 Å². The van der Waals surface area contributed by atoms with E-state index in [-0.39, 0.29) is 22.9 Å². The van der Waals surface area contributed by atoms with Crippen LogP contribution in [0.2, 0.25) is 0 Å². The molecule has 0 aliphatic carbocycles. The van der Waals surface area contributed by atoms with Gasteiger partial charge in [-0.05, 0) is 37.5 Å². The zero-order chi connectivity index (χ0) is 19.7. The van der Waals surface area contributed by atoms with Gasteiger partial charge < -0.3 is 9.64 Å². The van der Waals surface area contributed by atoms with Crippen LogP contribution in [0, 0.1) is 5.92 Å². The van der Waals surface area contributed by atoms with Gasteiger partial charge in [0, 0.05) is 18.7 Å². The number of hydrogen-bond acceptors (Lipinski definition) is 5. The fraction of sp³-hybridized carbons (Fsp3) is 0.333. The number of carbonyl (C=O) groups is 1. The first-order chi connectivity index (χ1) is 13.5. The molecule has 2 aromatic rings. The summed E-state index contributed by atoms with van der Waals surface area (Å²) in [5, 5.41) is 0. The summed E-state index contributed by atoms with van der Waals surface area (Å²) >= 11 is 0. The number of nitrogens with zero attached hydrogens (tertiary/aromatic N) is 2. The summed E-state index contributed by atoms with van der Waals surface area (Å²) in [6, 6.07) is 16.4. The van der Waals surface area contributed by atoms with Crippen molar-refractivity contribution < 1.29 is 17.9 Å². The van der Waals surface area contributed by atoms with E-state index < -0.39 is 10.0 Å². The van der Waals surface area contributed by atoms with Crippen molar-refractivity contribution in [3.8, 4) is 0 Å². The first-order valence-electron chi connectivity index (χ1n) is 9.40. The van der Waals surface area contributed by atoms with Gasteiger partial charge in [0.05, 0.1) is 5.92 Å². The Morgan fingerprint density at radius 1 is 1.14 bits per heavy atom. The molecular formula is C21H22N2O4S. The molecule has 2 heterocycles. The van der Waals surface area contributed by atoms with E-state index in [1.807, 2.05) is 42.2 Å². The SMILES string of the molecule is C[C@H](OC(=O)[C@@H]1CCCN(C2=NS(=O)(=O)c3ccccc32)C1)c1ccccc1. The molecule has 1 saturated heterocycles. The van der Waals surface area contributed by atoms with Crippen molar-refractivity contribution in [2.45, 2.75) is 30.8 Å². The van der Waals surface area contributed by atoms with Crippen LogP contribution in [0.15, 0.2) is 63.9 Å². The molecule has 0 saturated carbocycles. The smallest absolute Gasteiger partial charge is 0.311 e. The molecule has 2 aliphatic rings. The van der Waals surface area contributed by atoms with Crippen molar-refractivity contribution in [1.29, 1.82) is 0 Å². The molecule has 1 fully saturated rings. The maximum Gasteiger partial charge on any atom is 0.311 e. The molecule has 7 heteroatoms. The molecule has 2 atom stereocenters. The van der Waals surface area contributed by atoms with Gasteiger partial charge in [-0.3, -0.25) is 4.79 Å². The number of esters is 1. The fourth-order valence-electron chi connectivity index (χ4n) is 3.74. The van der Waals surface area contributed by atoms with Gasteiger partial charge in [-0.2, -0.15) is 8.42 Å². The van der Waals surface area contributed by atoms with E-state index >= 15 is 0 Å². The zero-order valence-corrected chi connectivity index (χ0v) is 16.4. The molecule has 0 amide bonds. The largest absolute Gasteiger partial charge is 0.458 e. The second kappa shape index (κ2) is 7.39. The number of amidine groups is 1. The van der Waals surface area contributed by atoms with Gasteiger partial charge in [-0.15, -0.1) is 4.40 Å². The highest BCUT2D eigenvalue weighted by Gasteiger charge is 2.35. The van der Waals surface area contributed by atoms with Crippen LogP contribution in [0.25, 0.3) is 0 Å². The summed E-state index contributed by atoms with van der Waals surface area (Å²) in [5.41, 5.74) is 1.55. The van der Waals surface area contributed by atoms with E-state index in [1.165, 1.54) is 0 Å². The summed E-state index contributed by atoms with van der Waals surface area (Å²) in [5.74, 6) is -0.127. The van der Waals surface area contributed by atoms with Crippen molar-refractivity contribution >= 4 is 21.8 Å². The van der Waals surface area contributed by atoms with E-state index in [4.69, 9.17) is 4.74 Å². The Bertz CT molecular complexity index is 1020. The van der Waals surface area contributed by atoms with Gasteiger partial charge in [0.15, 0.2) is 5.84 Å². The van der Waals surface area contributed by atoms with Gasteiger partial charge in [-0.1, -0.05) is 42.5 Å². The van der Waals surface area contributed by atoms with Crippen molar-refractivity contribution in [1.82, 2.24) is 4.90 Å². The Hall–Kier alpha value is -2.67. The van der Waals surface area contributed by atoms with Crippen LogP contribution >= 0.6 is 0 Å². The van der Waals surface area contributed by atoms with Gasteiger partial charge in [0.25, 0.3) is 10.0 Å². The summed E-state index contributed by atoms with van der Waals surface area (Å²) in [6.07, 6.45) is 1.17. The van der Waals surface area contributed by atoms with Crippen LogP contribution < -0.4 is 0 Å². The van der Waals surface area contributed by atoms with Crippen LogP contribution in [0.1, 0.15) is 37.0 Å². The van der Waals surface area contributed by atoms with E-state index in [9.17, 15) is 13.2 Å². The van der Waals surface area contributed by atoms with Gasteiger partial charge >= 0.3 is 5.97 Å². The van der Waals surface area contributed by atoms with Crippen LogP contribution in [-0.4, -0.2) is 38.2 Å². The Kier molecular flexibility index (Phi) is 4.93. The lowest BCUT2D eigenvalue weighted by Crippen LogP contribution is -2.42. The van der Waals surface area contributed by atoms with Gasteiger partial charge in [-0.25, -0.2) is 0 Å². The van der Waals surface area contributed by atoms with Crippen molar-refractivity contribution in [3.63, 3.8) is 0 Å². The Balaban J connectivity index is 1.49. The minimum Gasteiger partial charge on any atom is -0.458 e. The van der Waals surface area contributed by atoms with E-state index in [0.717, 1.165) is 18.4 Å². The van der Waals surface area contributed by atoms with Crippen LogP contribution in [0.5, 0.6) is 0 Å². The number of ether oxygens (including phenoxy) is 1. The molecule has 2 aliphatic heterocycles. The normalized spacial score (nSPS) is 21.5. The third-order valence-corrected chi connectivity index (χ3v) is 6.55. The first-order valence-corrected chi connectivity index (χ1v) is 10.8. The number of rotatable bonds is 3. The number of fused-ring (bicyclic) bond motifs is 1. The lowest BCUT2D eigenvalue weighted by molar-refractivity contribution is -0.155. The molecule has 6 nitrogen and oxygen atoms in total. The number of piperidine rings is 1. The highest BCUT2D eigenvalue weighted by Crippen LogP contribution is 2.30. The zero-order valence-electron chi connectivity index (χ0n) is 15.6. The average Bonchev–Trinajstić information content (AvgIpc) is 3.00. The number of likely N-dealkylation sites (tertiary alicyclic amines) is 1. The number of sulfonamides is 1. The summed E-state index contributed by atoms with van der Waals surface area (Å²) in [4.78, 5) is 14.8. The number of hydrogen-bond donors (Lipinski definition) is 0. The summed E-state index contributed by atoms with van der Waals surface area (Å²) < 4.78 is 34.3. The predicted molar refractivity (Wildman–Crippen MR) is 105 cm³/mol. The topological polar surface area (TPSA) is 76.0 Å². The molecule has 146 valence electrons. The predicted octanol–water partition coefficient (Wildman–Crippen LogP) is 3.15. The maximum atomic E-state index is 12.7. The molecule has 0 aromatic heterocycles. The van der Waals surface area contributed by atoms with Gasteiger partial charge in [0.1, 0.15) is 11.0 Å². The standard InChI is InChI=1S/C21H22N2O4S/c1-15(16-8-3-2-4-9-16)27-21(24)17-10-7-13-23(14-17)20-18-11-5-6-12-19(18)28(25,26)22-20/h2-6,8-9,11-12,15,17H,7,10,13-14H2,1H3/t15-,17+/m0/s1. The van der Waals surface area contributed by atoms with Crippen LogP contribution in [-0.2, 0) is 19.6 Å². The third-order valence-electron chi connectivity index (χ3n) is 5.23. The molecule has 4 rings (SSSR count). The molecule has 0 spiro atoms. The lowest BCUT2D eigenvalue weighted by Gasteiger charge is -2.33. The lowest BCUT2D eigenvalue weighted by atomic mass is 9.97. The Labute approximate surface area is 164 Å². The first kappa shape index (κ1) is 18.7. The minimum absolute atomic E-state index is 0.229. The highest BCUT2D eigenvalue weighted by molar-refractivity contribution is 7.90. The quantitative estimate of drug-likeness (QED) is 0.743. The van der Waals surface area contributed by atoms with Gasteiger partial charge in [0.2, 0.25) is 0 Å². The van der Waals surface area contributed by atoms with Crippen molar-refractivity contribution in [2.75, 3.05) is 13.1 Å². The summed E-state index contributed by atoms with van der Waals surface area (Å²) in [6.45, 7) is 2.93. The van der Waals surface area contributed by atoms with Crippen LogP contribution in [0.3, 0.4) is 0 Å². The third kappa shape index (κ3) is 3.54. The summed E-state index contributed by atoms with van der Waals surface area (Å²) in [7, 11) is -3.67. The molecule has 0 unspecified atom stereocenters. The molecular weight excluding hydrogens is 376 g/mol. The second-order valence-corrected chi connectivity index (χ2v) is 8.73. The molecule has 2 aromatic carbocycles. The van der Waals surface area contributed by atoms with Crippen molar-refractivity contribution in [2.24, 2.45) is 10.3 Å². The second-order valence-electron chi connectivity index (χ2n) is 7.16. The highest BCUT2D eigenvalue weighted by atomic mass is 32.2. The maximum absolute atomic E-state index is 12.7. The fourth-order valence-corrected chi connectivity index (χ4v) is 4.97. The van der Waals surface area contributed by atoms with E-state index in [0.29, 0.717) is 24.5 Å². The molecule has 0 N–H and O–H groups in total. The molecule has 0 bridgehead atoms. The number of carbonyl (C=O) groups excluding carboxylic acids is 1. The Morgan fingerprint density at radius 3 is 2.64 bits per heavy atom. The van der Waals surface area contributed by atoms with Crippen molar-refractivity contribution in [3.05, 3.63) is 65.7 Å². The number of benzene rings is 2.